The monoisotopic (exact) mass is 346 g/mol. The molecule has 0 radical (unpaired) electrons. The predicted octanol–water partition coefficient (Wildman–Crippen LogP) is 2.77. The van der Waals surface area contributed by atoms with Gasteiger partial charge in [0.05, 0.1) is 12.0 Å². The van der Waals surface area contributed by atoms with Gasteiger partial charge in [-0.25, -0.2) is 8.42 Å². The van der Waals surface area contributed by atoms with Crippen molar-refractivity contribution in [1.82, 2.24) is 0 Å². The molecule has 6 nitrogen and oxygen atoms in total. The van der Waals surface area contributed by atoms with E-state index >= 15 is 0 Å². The fourth-order valence-corrected chi connectivity index (χ4v) is 3.70. The van der Waals surface area contributed by atoms with E-state index in [2.05, 4.69) is 10.0 Å². The van der Waals surface area contributed by atoms with Crippen LogP contribution in [0.15, 0.2) is 47.4 Å². The maximum absolute atomic E-state index is 12.6. The van der Waals surface area contributed by atoms with E-state index < -0.39 is 10.0 Å². The van der Waals surface area contributed by atoms with Gasteiger partial charge in [-0.3, -0.25) is 9.52 Å². The summed E-state index contributed by atoms with van der Waals surface area (Å²) in [5.41, 5.74) is 1.97. The number of amides is 1. The van der Waals surface area contributed by atoms with Crippen molar-refractivity contribution in [3.63, 3.8) is 0 Å². The van der Waals surface area contributed by atoms with Crippen molar-refractivity contribution < 1.29 is 17.9 Å². The summed E-state index contributed by atoms with van der Waals surface area (Å²) in [6.07, 6.45) is 1.81. The number of sulfonamides is 1. The van der Waals surface area contributed by atoms with Gasteiger partial charge in [-0.1, -0.05) is 0 Å². The summed E-state index contributed by atoms with van der Waals surface area (Å²) in [6.45, 7) is 0. The highest BCUT2D eigenvalue weighted by atomic mass is 32.2. The molecule has 0 saturated carbocycles. The summed E-state index contributed by atoms with van der Waals surface area (Å²) in [5, 5.41) is 2.80. The lowest BCUT2D eigenvalue weighted by atomic mass is 10.1. The van der Waals surface area contributed by atoms with Crippen LogP contribution in [-0.4, -0.2) is 21.4 Å². The third-order valence-electron chi connectivity index (χ3n) is 3.85. The zero-order chi connectivity index (χ0) is 17.2. The maximum Gasteiger partial charge on any atom is 0.261 e. The fourth-order valence-electron chi connectivity index (χ4n) is 2.59. The van der Waals surface area contributed by atoms with Crippen molar-refractivity contribution in [2.45, 2.75) is 24.2 Å². The molecule has 0 unspecified atom stereocenters. The van der Waals surface area contributed by atoms with Crippen LogP contribution in [0.2, 0.25) is 0 Å². The van der Waals surface area contributed by atoms with Gasteiger partial charge in [0.15, 0.2) is 0 Å². The molecule has 126 valence electrons. The van der Waals surface area contributed by atoms with Crippen LogP contribution in [0.25, 0.3) is 0 Å². The second kappa shape index (κ2) is 6.52. The minimum Gasteiger partial charge on any atom is -0.497 e. The van der Waals surface area contributed by atoms with E-state index in [9.17, 15) is 13.2 Å². The minimum absolute atomic E-state index is 0.0410. The molecule has 1 aliphatic heterocycles. The van der Waals surface area contributed by atoms with Gasteiger partial charge in [-0.05, 0) is 60.9 Å². The van der Waals surface area contributed by atoms with E-state index in [1.807, 2.05) is 0 Å². The lowest BCUT2D eigenvalue weighted by Crippen LogP contribution is -2.14. The number of benzene rings is 2. The number of nitrogens with one attached hydrogen (secondary N) is 2. The van der Waals surface area contributed by atoms with Crippen LogP contribution in [-0.2, 0) is 21.2 Å². The van der Waals surface area contributed by atoms with Crippen LogP contribution in [0.5, 0.6) is 5.75 Å². The molecule has 3 rings (SSSR count). The average Bonchev–Trinajstić information content (AvgIpc) is 2.75. The molecule has 2 aromatic rings. The van der Waals surface area contributed by atoms with Gasteiger partial charge in [0.1, 0.15) is 5.75 Å². The molecule has 7 heteroatoms. The average molecular weight is 346 g/mol. The fraction of sp³-hybridized carbons (Fsp3) is 0.235. The van der Waals surface area contributed by atoms with E-state index in [-0.39, 0.29) is 10.8 Å². The first-order valence-electron chi connectivity index (χ1n) is 7.57. The largest absolute Gasteiger partial charge is 0.497 e. The number of ether oxygens (including phenoxy) is 1. The molecule has 1 aliphatic rings. The molecule has 0 saturated heterocycles. The Kier molecular flexibility index (Phi) is 4.44. The van der Waals surface area contributed by atoms with Gasteiger partial charge >= 0.3 is 0 Å². The van der Waals surface area contributed by atoms with Crippen LogP contribution in [0.1, 0.15) is 18.4 Å². The first-order chi connectivity index (χ1) is 11.5. The number of hydrogen-bond donors (Lipinski definition) is 2. The lowest BCUT2D eigenvalue weighted by Gasteiger charge is -2.12. The second-order valence-corrected chi connectivity index (χ2v) is 7.24. The highest BCUT2D eigenvalue weighted by molar-refractivity contribution is 7.92. The van der Waals surface area contributed by atoms with Gasteiger partial charge in [0.25, 0.3) is 10.0 Å². The molecule has 0 aliphatic carbocycles. The minimum atomic E-state index is -3.70. The number of anilines is 2. The molecule has 1 amide bonds. The number of fused-ring (bicyclic) bond motifs is 1. The molecule has 0 fully saturated rings. The molecular formula is C17H18N2O4S. The first-order valence-corrected chi connectivity index (χ1v) is 9.06. The lowest BCUT2D eigenvalue weighted by molar-refractivity contribution is -0.116. The summed E-state index contributed by atoms with van der Waals surface area (Å²) in [5.74, 6) is 0.611. The molecule has 2 aromatic carbocycles. The molecule has 0 bridgehead atoms. The molecular weight excluding hydrogens is 328 g/mol. The van der Waals surface area contributed by atoms with Gasteiger partial charge in [0.2, 0.25) is 5.91 Å². The normalized spacial score (nSPS) is 14.3. The Hall–Kier alpha value is -2.54. The summed E-state index contributed by atoms with van der Waals surface area (Å²) in [6, 6.07) is 11.4. The van der Waals surface area contributed by atoms with Crippen LogP contribution in [0.4, 0.5) is 11.4 Å². The third-order valence-corrected chi connectivity index (χ3v) is 5.23. The van der Waals surface area contributed by atoms with Crippen LogP contribution < -0.4 is 14.8 Å². The molecule has 0 atom stereocenters. The SMILES string of the molecule is COc1ccc(NS(=O)(=O)c2ccc3c(c2)CCCC(=O)N3)cc1. The first kappa shape index (κ1) is 16.3. The molecule has 1 heterocycles. The van der Waals surface area contributed by atoms with Crippen molar-refractivity contribution in [2.75, 3.05) is 17.1 Å². The number of aryl methyl sites for hydroxylation is 1. The van der Waals surface area contributed by atoms with E-state index in [0.29, 0.717) is 36.4 Å². The Morgan fingerprint density at radius 2 is 1.83 bits per heavy atom. The summed E-state index contributed by atoms with van der Waals surface area (Å²) >= 11 is 0. The Balaban J connectivity index is 1.86. The number of hydrogen-bond acceptors (Lipinski definition) is 4. The van der Waals surface area contributed by atoms with Crippen LogP contribution >= 0.6 is 0 Å². The smallest absolute Gasteiger partial charge is 0.261 e. The second-order valence-electron chi connectivity index (χ2n) is 5.55. The molecule has 0 spiro atoms. The number of rotatable bonds is 4. The summed E-state index contributed by atoms with van der Waals surface area (Å²) in [4.78, 5) is 11.7. The maximum atomic E-state index is 12.6. The Labute approximate surface area is 140 Å². The van der Waals surface area contributed by atoms with Crippen molar-refractivity contribution in [3.8, 4) is 5.75 Å². The predicted molar refractivity (Wildman–Crippen MR) is 91.8 cm³/mol. The third kappa shape index (κ3) is 3.51. The van der Waals surface area contributed by atoms with Crippen LogP contribution in [0, 0.1) is 0 Å². The zero-order valence-electron chi connectivity index (χ0n) is 13.2. The van der Waals surface area contributed by atoms with Crippen molar-refractivity contribution in [1.29, 1.82) is 0 Å². The number of methoxy groups -OCH3 is 1. The van der Waals surface area contributed by atoms with Crippen LogP contribution in [0.3, 0.4) is 0 Å². The van der Waals surface area contributed by atoms with Gasteiger partial charge in [-0.2, -0.15) is 0 Å². The van der Waals surface area contributed by atoms with Gasteiger partial charge < -0.3 is 10.1 Å². The highest BCUT2D eigenvalue weighted by Gasteiger charge is 2.19. The van der Waals surface area contributed by atoms with Crippen molar-refractivity contribution >= 4 is 27.3 Å². The number of carbonyl (C=O) groups is 1. The van der Waals surface area contributed by atoms with E-state index in [4.69, 9.17) is 4.74 Å². The number of carbonyl (C=O) groups excluding carboxylic acids is 1. The Morgan fingerprint density at radius 1 is 1.08 bits per heavy atom. The standard InChI is InChI=1S/C17H18N2O4S/c1-23-14-7-5-13(6-8-14)19-24(21,22)15-9-10-16-12(11-15)3-2-4-17(20)18-16/h5-11,19H,2-4H2,1H3,(H,18,20). The quantitative estimate of drug-likeness (QED) is 0.891. The zero-order valence-corrected chi connectivity index (χ0v) is 14.0. The Bertz CT molecular complexity index is 861. The van der Waals surface area contributed by atoms with Crippen molar-refractivity contribution in [2.24, 2.45) is 0 Å². The van der Waals surface area contributed by atoms with Gasteiger partial charge in [0, 0.05) is 17.8 Å². The highest BCUT2D eigenvalue weighted by Crippen LogP contribution is 2.26. The Morgan fingerprint density at radius 3 is 2.54 bits per heavy atom. The molecule has 24 heavy (non-hydrogen) atoms. The summed E-state index contributed by atoms with van der Waals surface area (Å²) in [7, 11) is -2.15. The topological polar surface area (TPSA) is 84.5 Å². The van der Waals surface area contributed by atoms with E-state index in [0.717, 1.165) is 5.56 Å². The van der Waals surface area contributed by atoms with E-state index in [1.165, 1.54) is 6.07 Å². The molecule has 2 N–H and O–H groups in total. The van der Waals surface area contributed by atoms with Crippen molar-refractivity contribution in [3.05, 3.63) is 48.0 Å². The molecule has 0 aromatic heterocycles. The van der Waals surface area contributed by atoms with E-state index in [1.54, 1.807) is 43.5 Å². The summed E-state index contributed by atoms with van der Waals surface area (Å²) < 4.78 is 32.7. The van der Waals surface area contributed by atoms with Gasteiger partial charge in [-0.15, -0.1) is 0 Å².